The second kappa shape index (κ2) is 7.11. The van der Waals surface area contributed by atoms with Crippen molar-refractivity contribution in [2.45, 2.75) is 0 Å². The molecule has 5 nitrogen and oxygen atoms in total. The van der Waals surface area contributed by atoms with E-state index in [4.69, 9.17) is 0 Å². The molecule has 0 bridgehead atoms. The number of rotatable bonds is 6. The zero-order valence-corrected chi connectivity index (χ0v) is 14.4. The summed E-state index contributed by atoms with van der Waals surface area (Å²) in [6.45, 7) is 7.57. The Bertz CT molecular complexity index is 1050. The number of fused-ring (bicyclic) bond motifs is 1. The summed E-state index contributed by atoms with van der Waals surface area (Å²) in [5.41, 5.74) is 4.21. The summed E-state index contributed by atoms with van der Waals surface area (Å²) in [6, 6.07) is 7.63. The van der Waals surface area contributed by atoms with E-state index in [9.17, 15) is 9.59 Å². The van der Waals surface area contributed by atoms with Gasteiger partial charge in [0.1, 0.15) is 0 Å². The molecule has 5 heteroatoms. The Morgan fingerprint density at radius 2 is 1.81 bits per heavy atom. The van der Waals surface area contributed by atoms with Gasteiger partial charge in [0.2, 0.25) is 0 Å². The smallest absolute Gasteiger partial charge is 0.252 e. The molecule has 0 aliphatic rings. The number of likely N-dealkylation sites (N-methyl/N-ethyl adjacent to an activating group) is 1. The van der Waals surface area contributed by atoms with Crippen LogP contribution in [0.15, 0.2) is 49.8 Å². The molecule has 0 unspecified atom stereocenters. The summed E-state index contributed by atoms with van der Waals surface area (Å²) < 4.78 is 0. The number of carbonyl (C=O) groups excluding carboxylic acids is 2. The minimum Gasteiger partial charge on any atom is -0.361 e. The van der Waals surface area contributed by atoms with Crippen molar-refractivity contribution >= 4 is 46.4 Å². The van der Waals surface area contributed by atoms with E-state index in [-0.39, 0.29) is 11.5 Å². The summed E-state index contributed by atoms with van der Waals surface area (Å²) in [5, 5.41) is 3.50. The topological polar surface area (TPSA) is 77.8 Å². The van der Waals surface area contributed by atoms with Crippen LogP contribution < -0.4 is 5.32 Å². The monoisotopic (exact) mass is 345 g/mol. The molecule has 0 aliphatic carbocycles. The molecule has 0 fully saturated rings. The lowest BCUT2D eigenvalue weighted by Crippen LogP contribution is -2.20. The highest BCUT2D eigenvalue weighted by Gasteiger charge is 2.23. The van der Waals surface area contributed by atoms with Gasteiger partial charge in [0.15, 0.2) is 6.29 Å². The fourth-order valence-corrected chi connectivity index (χ4v) is 3.11. The van der Waals surface area contributed by atoms with Crippen molar-refractivity contribution in [3.63, 3.8) is 0 Å². The lowest BCUT2D eigenvalue weighted by Gasteiger charge is -2.10. The Kier molecular flexibility index (Phi) is 4.71. The van der Waals surface area contributed by atoms with E-state index in [1.807, 2.05) is 24.3 Å². The highest BCUT2D eigenvalue weighted by Crippen LogP contribution is 2.33. The van der Waals surface area contributed by atoms with Crippen molar-refractivity contribution < 1.29 is 9.59 Å². The highest BCUT2D eigenvalue weighted by atomic mass is 16.1. The van der Waals surface area contributed by atoms with Crippen LogP contribution >= 0.6 is 0 Å². The zero-order valence-electron chi connectivity index (χ0n) is 14.4. The van der Waals surface area contributed by atoms with E-state index in [1.165, 1.54) is 0 Å². The Hall–Kier alpha value is -3.60. The van der Waals surface area contributed by atoms with Gasteiger partial charge in [-0.05, 0) is 12.1 Å². The first kappa shape index (κ1) is 17.2. The van der Waals surface area contributed by atoms with Crippen LogP contribution in [0.1, 0.15) is 22.4 Å². The number of para-hydroxylation sites is 1. The average Bonchev–Trinajstić information content (AvgIpc) is 3.29. The van der Waals surface area contributed by atoms with Crippen LogP contribution in [0.5, 0.6) is 0 Å². The molecule has 2 aromatic heterocycles. The SMILES string of the molecule is C=Cc1[nH]cc(/C(C=O)=C(/C(=O)NC)c2c[nH]c3ccccc23)c1C=C. The molecule has 1 amide bonds. The first-order valence-corrected chi connectivity index (χ1v) is 8.10. The number of H-pyrrole nitrogens is 2. The van der Waals surface area contributed by atoms with Crippen LogP contribution in [0.3, 0.4) is 0 Å². The molecular weight excluding hydrogens is 326 g/mol. The predicted octanol–water partition coefficient (Wildman–Crippen LogP) is 3.64. The maximum absolute atomic E-state index is 12.7. The maximum Gasteiger partial charge on any atom is 0.252 e. The third-order valence-corrected chi connectivity index (χ3v) is 4.35. The van der Waals surface area contributed by atoms with Crippen molar-refractivity contribution in [3.8, 4) is 0 Å². The first-order chi connectivity index (χ1) is 12.7. The minimum atomic E-state index is -0.340. The van der Waals surface area contributed by atoms with Crippen LogP contribution in [0, 0.1) is 0 Å². The molecule has 0 atom stereocenters. The van der Waals surface area contributed by atoms with Gasteiger partial charge in [-0.3, -0.25) is 9.59 Å². The largest absolute Gasteiger partial charge is 0.361 e. The predicted molar refractivity (Wildman–Crippen MR) is 106 cm³/mol. The fraction of sp³-hybridized carbons (Fsp3) is 0.0476. The molecule has 3 rings (SSSR count). The molecule has 3 N–H and O–H groups in total. The van der Waals surface area contributed by atoms with Crippen molar-refractivity contribution in [1.82, 2.24) is 15.3 Å². The van der Waals surface area contributed by atoms with Crippen molar-refractivity contribution in [2.75, 3.05) is 7.05 Å². The molecule has 0 spiro atoms. The number of benzene rings is 1. The summed E-state index contributed by atoms with van der Waals surface area (Å²) in [5.74, 6) is -0.340. The number of allylic oxidation sites excluding steroid dienone is 1. The standard InChI is InChI=1S/C21H19N3O2/c1-4-13-15(10-23-18(13)5-2)17(12-25)20(21(26)22-3)16-11-24-19-9-7-6-8-14(16)19/h4-12,23-24H,1-2H2,3H3,(H,22,26)/b20-17+. The van der Waals surface area contributed by atoms with E-state index in [1.54, 1.807) is 31.6 Å². The van der Waals surface area contributed by atoms with Crippen molar-refractivity contribution in [1.29, 1.82) is 0 Å². The van der Waals surface area contributed by atoms with E-state index in [2.05, 4.69) is 28.4 Å². The van der Waals surface area contributed by atoms with Gasteiger partial charge < -0.3 is 15.3 Å². The number of hydrogen-bond acceptors (Lipinski definition) is 2. The third kappa shape index (κ3) is 2.69. The number of aromatic nitrogens is 2. The van der Waals surface area contributed by atoms with Gasteiger partial charge in [0.25, 0.3) is 5.91 Å². The molecule has 0 saturated heterocycles. The van der Waals surface area contributed by atoms with E-state index >= 15 is 0 Å². The fourth-order valence-electron chi connectivity index (χ4n) is 3.11. The number of aldehydes is 1. The zero-order chi connectivity index (χ0) is 18.7. The normalized spacial score (nSPS) is 11.7. The summed E-state index contributed by atoms with van der Waals surface area (Å²) in [4.78, 5) is 31.0. The van der Waals surface area contributed by atoms with Crippen LogP contribution in [0.4, 0.5) is 0 Å². The molecular formula is C21H19N3O2. The molecule has 3 aromatic rings. The number of hydrogen-bond donors (Lipinski definition) is 3. The van der Waals surface area contributed by atoms with E-state index in [0.29, 0.717) is 23.0 Å². The number of carbonyl (C=O) groups is 2. The van der Waals surface area contributed by atoms with Gasteiger partial charge >= 0.3 is 0 Å². The highest BCUT2D eigenvalue weighted by molar-refractivity contribution is 6.37. The van der Waals surface area contributed by atoms with Gasteiger partial charge in [-0.15, -0.1) is 0 Å². The number of amides is 1. The molecule has 2 heterocycles. The Labute approximate surface area is 151 Å². The van der Waals surface area contributed by atoms with Crippen molar-refractivity contribution in [2.24, 2.45) is 0 Å². The maximum atomic E-state index is 12.7. The van der Waals surface area contributed by atoms with Gasteiger partial charge in [0, 0.05) is 58.3 Å². The second-order valence-electron chi connectivity index (χ2n) is 5.67. The Morgan fingerprint density at radius 1 is 1.08 bits per heavy atom. The van der Waals surface area contributed by atoms with Crippen LogP contribution in [-0.2, 0) is 9.59 Å². The molecule has 0 radical (unpaired) electrons. The molecule has 0 saturated carbocycles. The Balaban J connectivity index is 2.37. The summed E-state index contributed by atoms with van der Waals surface area (Å²) in [7, 11) is 1.54. The van der Waals surface area contributed by atoms with Gasteiger partial charge in [-0.2, -0.15) is 0 Å². The quantitative estimate of drug-likeness (QED) is 0.471. The average molecular weight is 345 g/mol. The number of nitrogens with one attached hydrogen (secondary N) is 3. The number of aromatic amines is 2. The molecule has 1 aromatic carbocycles. The Morgan fingerprint density at radius 3 is 2.46 bits per heavy atom. The van der Waals surface area contributed by atoms with Crippen LogP contribution in [-0.4, -0.2) is 29.2 Å². The molecule has 0 aliphatic heterocycles. The van der Waals surface area contributed by atoms with Gasteiger partial charge in [0.05, 0.1) is 5.57 Å². The minimum absolute atomic E-state index is 0.286. The van der Waals surface area contributed by atoms with Crippen molar-refractivity contribution in [3.05, 3.63) is 72.2 Å². The van der Waals surface area contributed by atoms with Gasteiger partial charge in [-0.25, -0.2) is 0 Å². The lowest BCUT2D eigenvalue weighted by atomic mass is 9.93. The summed E-state index contributed by atoms with van der Waals surface area (Å²) in [6.07, 6.45) is 7.43. The molecule has 26 heavy (non-hydrogen) atoms. The lowest BCUT2D eigenvalue weighted by molar-refractivity contribution is -0.115. The summed E-state index contributed by atoms with van der Waals surface area (Å²) >= 11 is 0. The van der Waals surface area contributed by atoms with E-state index in [0.717, 1.165) is 22.2 Å². The van der Waals surface area contributed by atoms with Crippen LogP contribution in [0.2, 0.25) is 0 Å². The second-order valence-corrected chi connectivity index (χ2v) is 5.67. The third-order valence-electron chi connectivity index (χ3n) is 4.35. The van der Waals surface area contributed by atoms with Gasteiger partial charge in [-0.1, -0.05) is 37.4 Å². The van der Waals surface area contributed by atoms with Crippen LogP contribution in [0.25, 0.3) is 34.2 Å². The first-order valence-electron chi connectivity index (χ1n) is 8.10. The van der Waals surface area contributed by atoms with E-state index < -0.39 is 0 Å². The molecule has 130 valence electrons.